The molecule has 0 fully saturated rings. The molecule has 0 aromatic heterocycles. The van der Waals surface area contributed by atoms with E-state index in [1.165, 1.54) is 24.3 Å². The molecule has 1 rings (SSSR count). The fourth-order valence-corrected chi connectivity index (χ4v) is 3.17. The van der Waals surface area contributed by atoms with Crippen molar-refractivity contribution >= 4 is 21.6 Å². The van der Waals surface area contributed by atoms with Crippen molar-refractivity contribution < 1.29 is 13.2 Å². The van der Waals surface area contributed by atoms with Crippen molar-refractivity contribution in [2.75, 3.05) is 5.73 Å². The largest absolute Gasteiger partial charge is 0.399 e. The smallest absolute Gasteiger partial charge is 0.264 e. The highest BCUT2D eigenvalue weighted by Crippen LogP contribution is 2.12. The molecule has 1 amide bonds. The molecule has 3 N–H and O–H groups in total. The Morgan fingerprint density at radius 2 is 1.70 bits per heavy atom. The van der Waals surface area contributed by atoms with E-state index in [0.29, 0.717) is 12.1 Å². The van der Waals surface area contributed by atoms with Gasteiger partial charge in [0.25, 0.3) is 10.0 Å². The first kappa shape index (κ1) is 19.2. The first-order chi connectivity index (χ1) is 11.0. The van der Waals surface area contributed by atoms with E-state index in [9.17, 15) is 13.2 Å². The minimum absolute atomic E-state index is 0.0454. The number of nitrogens with one attached hydrogen (secondary N) is 1. The highest BCUT2D eigenvalue weighted by molar-refractivity contribution is 7.90. The Kier molecular flexibility index (Phi) is 8.40. The Balaban J connectivity index is 2.26. The number of hydrogen-bond donors (Lipinski definition) is 2. The Morgan fingerprint density at radius 1 is 1.09 bits per heavy atom. The number of amides is 1. The molecule has 1 aromatic rings. The average Bonchev–Trinajstić information content (AvgIpc) is 2.50. The van der Waals surface area contributed by atoms with Gasteiger partial charge in [-0.05, 0) is 50.5 Å². The normalized spacial score (nSPS) is 11.7. The van der Waals surface area contributed by atoms with E-state index in [1.807, 2.05) is 13.0 Å². The summed E-state index contributed by atoms with van der Waals surface area (Å²) in [6.45, 7) is 2.01. The van der Waals surface area contributed by atoms with E-state index in [1.54, 1.807) is 0 Å². The Labute approximate surface area is 139 Å². The monoisotopic (exact) mass is 338 g/mol. The van der Waals surface area contributed by atoms with Crippen LogP contribution in [0.4, 0.5) is 5.69 Å². The molecule has 0 spiro atoms. The number of carbonyl (C=O) groups is 1. The van der Waals surface area contributed by atoms with Crippen molar-refractivity contribution in [1.29, 1.82) is 0 Å². The third-order valence-electron chi connectivity index (χ3n) is 3.45. The van der Waals surface area contributed by atoms with E-state index in [0.717, 1.165) is 32.1 Å². The maximum absolute atomic E-state index is 12.0. The van der Waals surface area contributed by atoms with Crippen LogP contribution >= 0.6 is 0 Å². The van der Waals surface area contributed by atoms with Crippen LogP contribution in [0.2, 0.25) is 0 Å². The van der Waals surface area contributed by atoms with Crippen molar-refractivity contribution in [3.63, 3.8) is 0 Å². The second-order valence-corrected chi connectivity index (χ2v) is 7.16. The molecular weight excluding hydrogens is 312 g/mol. The predicted octanol–water partition coefficient (Wildman–Crippen LogP) is 3.38. The molecule has 0 aliphatic carbocycles. The van der Waals surface area contributed by atoms with E-state index in [-0.39, 0.29) is 11.3 Å². The summed E-state index contributed by atoms with van der Waals surface area (Å²) in [6.07, 6.45) is 10.5. The summed E-state index contributed by atoms with van der Waals surface area (Å²) in [5, 5.41) is 0. The average molecular weight is 338 g/mol. The van der Waals surface area contributed by atoms with Crippen LogP contribution in [0.3, 0.4) is 0 Å². The van der Waals surface area contributed by atoms with Gasteiger partial charge in [-0.15, -0.1) is 0 Å². The minimum Gasteiger partial charge on any atom is -0.399 e. The van der Waals surface area contributed by atoms with Crippen molar-refractivity contribution in [2.45, 2.75) is 56.8 Å². The molecule has 23 heavy (non-hydrogen) atoms. The van der Waals surface area contributed by atoms with Crippen LogP contribution in [-0.2, 0) is 14.8 Å². The zero-order valence-electron chi connectivity index (χ0n) is 13.6. The Hall–Kier alpha value is -1.82. The van der Waals surface area contributed by atoms with Crippen LogP contribution in [0.15, 0.2) is 41.3 Å². The standard InChI is InChI=1S/C17H26N2O3S/c1-2-3-4-5-6-7-8-9-10-17(20)19-23(21,22)16-13-11-15(18)12-14-16/h2-3,11-14H,4-10,18H2,1H3,(H,19,20)/b3-2+. The second-order valence-electron chi connectivity index (χ2n) is 5.47. The fourth-order valence-electron chi connectivity index (χ4n) is 2.15. The summed E-state index contributed by atoms with van der Waals surface area (Å²) >= 11 is 0. The summed E-state index contributed by atoms with van der Waals surface area (Å²) in [7, 11) is -3.80. The van der Waals surface area contributed by atoms with Gasteiger partial charge >= 0.3 is 0 Å². The highest BCUT2D eigenvalue weighted by Gasteiger charge is 2.16. The minimum atomic E-state index is -3.80. The van der Waals surface area contributed by atoms with E-state index in [2.05, 4.69) is 10.8 Å². The summed E-state index contributed by atoms with van der Waals surface area (Å²) in [6, 6.07) is 5.75. The molecule has 6 heteroatoms. The third-order valence-corrected chi connectivity index (χ3v) is 4.84. The first-order valence-electron chi connectivity index (χ1n) is 7.98. The zero-order valence-corrected chi connectivity index (χ0v) is 14.4. The maximum Gasteiger partial charge on any atom is 0.264 e. The van der Waals surface area contributed by atoms with Gasteiger partial charge in [-0.2, -0.15) is 0 Å². The van der Waals surface area contributed by atoms with Gasteiger partial charge in [-0.3, -0.25) is 4.79 Å². The molecule has 0 atom stereocenters. The first-order valence-corrected chi connectivity index (χ1v) is 9.46. The van der Waals surface area contributed by atoms with Crippen LogP contribution in [0.25, 0.3) is 0 Å². The predicted molar refractivity (Wildman–Crippen MR) is 93.3 cm³/mol. The van der Waals surface area contributed by atoms with Crippen molar-refractivity contribution in [3.8, 4) is 0 Å². The number of hydrogen-bond acceptors (Lipinski definition) is 4. The lowest BCUT2D eigenvalue weighted by molar-refractivity contribution is -0.119. The molecular formula is C17H26N2O3S. The molecule has 0 heterocycles. The van der Waals surface area contributed by atoms with Gasteiger partial charge in [0, 0.05) is 12.1 Å². The fraction of sp³-hybridized carbons (Fsp3) is 0.471. The van der Waals surface area contributed by atoms with Crippen molar-refractivity contribution in [1.82, 2.24) is 4.72 Å². The van der Waals surface area contributed by atoms with Gasteiger partial charge in [0.05, 0.1) is 4.90 Å². The quantitative estimate of drug-likeness (QED) is 0.389. The van der Waals surface area contributed by atoms with Gasteiger partial charge < -0.3 is 5.73 Å². The number of unbranched alkanes of at least 4 members (excludes halogenated alkanes) is 5. The molecule has 0 saturated carbocycles. The van der Waals surface area contributed by atoms with Gasteiger partial charge in [0.2, 0.25) is 5.91 Å². The van der Waals surface area contributed by atoms with Crippen LogP contribution < -0.4 is 10.5 Å². The van der Waals surface area contributed by atoms with Gasteiger partial charge in [-0.1, -0.05) is 31.4 Å². The molecule has 0 unspecified atom stereocenters. The number of nitrogen functional groups attached to an aromatic ring is 1. The molecule has 1 aromatic carbocycles. The van der Waals surface area contributed by atoms with Crippen molar-refractivity contribution in [2.24, 2.45) is 0 Å². The number of rotatable bonds is 10. The van der Waals surface area contributed by atoms with Crippen LogP contribution in [0.1, 0.15) is 51.9 Å². The molecule has 128 valence electrons. The SMILES string of the molecule is C/C=C/CCCCCCCC(=O)NS(=O)(=O)c1ccc(N)cc1. The summed E-state index contributed by atoms with van der Waals surface area (Å²) in [4.78, 5) is 11.8. The van der Waals surface area contributed by atoms with Crippen LogP contribution in [0.5, 0.6) is 0 Å². The lowest BCUT2D eigenvalue weighted by Gasteiger charge is -2.07. The highest BCUT2D eigenvalue weighted by atomic mass is 32.2. The van der Waals surface area contributed by atoms with Gasteiger partial charge in [0.1, 0.15) is 0 Å². The summed E-state index contributed by atoms with van der Waals surface area (Å²) in [5.74, 6) is -0.462. The summed E-state index contributed by atoms with van der Waals surface area (Å²) < 4.78 is 26.1. The number of anilines is 1. The number of benzene rings is 1. The van der Waals surface area contributed by atoms with Crippen molar-refractivity contribution in [3.05, 3.63) is 36.4 Å². The van der Waals surface area contributed by atoms with Crippen LogP contribution in [0, 0.1) is 0 Å². The zero-order chi connectivity index (χ0) is 17.1. The molecule has 5 nitrogen and oxygen atoms in total. The maximum atomic E-state index is 12.0. The Bertz CT molecular complexity index is 607. The molecule has 0 bridgehead atoms. The topological polar surface area (TPSA) is 89.3 Å². The summed E-state index contributed by atoms with van der Waals surface area (Å²) in [5.41, 5.74) is 5.99. The van der Waals surface area contributed by atoms with Gasteiger partial charge in [-0.25, -0.2) is 13.1 Å². The second kappa shape index (κ2) is 10.0. The lowest BCUT2D eigenvalue weighted by Crippen LogP contribution is -2.30. The molecule has 0 saturated heterocycles. The molecule has 0 aliphatic heterocycles. The lowest BCUT2D eigenvalue weighted by atomic mass is 10.1. The van der Waals surface area contributed by atoms with Crippen LogP contribution in [-0.4, -0.2) is 14.3 Å². The molecule has 0 radical (unpaired) electrons. The number of carbonyl (C=O) groups excluding carboxylic acids is 1. The number of allylic oxidation sites excluding steroid dienone is 2. The third kappa shape index (κ3) is 7.83. The van der Waals surface area contributed by atoms with E-state index < -0.39 is 15.9 Å². The van der Waals surface area contributed by atoms with Gasteiger partial charge in [0.15, 0.2) is 0 Å². The van der Waals surface area contributed by atoms with E-state index in [4.69, 9.17) is 5.73 Å². The molecule has 0 aliphatic rings. The number of nitrogens with two attached hydrogens (primary N) is 1. The van der Waals surface area contributed by atoms with E-state index >= 15 is 0 Å². The Morgan fingerprint density at radius 3 is 2.35 bits per heavy atom. The number of sulfonamides is 1.